The van der Waals surface area contributed by atoms with Crippen LogP contribution < -0.4 is 10.1 Å². The molecule has 2 heterocycles. The summed E-state index contributed by atoms with van der Waals surface area (Å²) in [6, 6.07) is 19.6. The number of likely N-dealkylation sites (N-methyl/N-ethyl adjacent to an activating group) is 1. The van der Waals surface area contributed by atoms with Crippen molar-refractivity contribution in [2.75, 3.05) is 19.5 Å². The molecule has 3 aromatic rings. The van der Waals surface area contributed by atoms with Crippen LogP contribution in [-0.2, 0) is 4.79 Å². The predicted molar refractivity (Wildman–Crippen MR) is 110 cm³/mol. The molecule has 2 atom stereocenters. The number of ether oxygens (including phenoxy) is 1. The molecule has 6 heteroatoms. The van der Waals surface area contributed by atoms with Crippen molar-refractivity contribution >= 4 is 17.6 Å². The van der Waals surface area contributed by atoms with Crippen LogP contribution in [0.4, 0.5) is 5.82 Å². The Kier molecular flexibility index (Phi) is 4.99. The van der Waals surface area contributed by atoms with Gasteiger partial charge in [0.1, 0.15) is 11.6 Å². The van der Waals surface area contributed by atoms with E-state index >= 15 is 0 Å². The van der Waals surface area contributed by atoms with Crippen molar-refractivity contribution in [2.45, 2.75) is 12.0 Å². The first-order valence-corrected chi connectivity index (χ1v) is 9.32. The maximum absolute atomic E-state index is 13.4. The molecule has 1 aliphatic heterocycles. The Hall–Kier alpha value is -3.67. The van der Waals surface area contributed by atoms with Gasteiger partial charge in [0.15, 0.2) is 0 Å². The van der Waals surface area contributed by atoms with Gasteiger partial charge in [-0.3, -0.25) is 9.59 Å². The number of anilines is 1. The molecule has 0 saturated heterocycles. The van der Waals surface area contributed by atoms with Gasteiger partial charge in [0.05, 0.1) is 19.1 Å². The number of rotatable bonds is 4. The summed E-state index contributed by atoms with van der Waals surface area (Å²) < 4.78 is 5.25. The maximum atomic E-state index is 13.4. The Morgan fingerprint density at radius 1 is 1.03 bits per heavy atom. The van der Waals surface area contributed by atoms with E-state index in [2.05, 4.69) is 10.3 Å². The fourth-order valence-corrected chi connectivity index (χ4v) is 3.82. The van der Waals surface area contributed by atoms with Gasteiger partial charge < -0.3 is 15.0 Å². The molecule has 4 rings (SSSR count). The van der Waals surface area contributed by atoms with Crippen LogP contribution in [0.15, 0.2) is 72.9 Å². The summed E-state index contributed by atoms with van der Waals surface area (Å²) >= 11 is 0. The molecular formula is C23H21N3O3. The number of hydrogen-bond donors (Lipinski definition) is 1. The van der Waals surface area contributed by atoms with Gasteiger partial charge in [-0.2, -0.15) is 0 Å². The number of nitrogens with zero attached hydrogens (tertiary/aromatic N) is 2. The minimum atomic E-state index is -0.579. The van der Waals surface area contributed by atoms with E-state index in [-0.39, 0.29) is 11.8 Å². The zero-order valence-corrected chi connectivity index (χ0v) is 16.2. The van der Waals surface area contributed by atoms with Crippen LogP contribution in [-0.4, -0.2) is 35.9 Å². The summed E-state index contributed by atoms with van der Waals surface area (Å²) in [7, 11) is 3.33. The first kappa shape index (κ1) is 18.7. The lowest BCUT2D eigenvalue weighted by molar-refractivity contribution is -0.119. The number of fused-ring (bicyclic) bond motifs is 1. The second-order valence-electron chi connectivity index (χ2n) is 6.90. The van der Waals surface area contributed by atoms with Gasteiger partial charge >= 0.3 is 0 Å². The highest BCUT2D eigenvalue weighted by Crippen LogP contribution is 2.42. The number of benzene rings is 2. The number of hydrogen-bond acceptors (Lipinski definition) is 4. The Balaban J connectivity index is 1.80. The highest BCUT2D eigenvalue weighted by atomic mass is 16.5. The van der Waals surface area contributed by atoms with E-state index < -0.39 is 12.0 Å². The van der Waals surface area contributed by atoms with E-state index in [1.807, 2.05) is 48.5 Å². The Morgan fingerprint density at radius 2 is 1.76 bits per heavy atom. The number of methoxy groups -OCH3 is 1. The quantitative estimate of drug-likeness (QED) is 0.742. The molecule has 1 N–H and O–H groups in total. The van der Waals surface area contributed by atoms with E-state index in [4.69, 9.17) is 4.74 Å². The van der Waals surface area contributed by atoms with Gasteiger partial charge in [-0.1, -0.05) is 36.4 Å². The van der Waals surface area contributed by atoms with Crippen LogP contribution in [0.5, 0.6) is 5.75 Å². The highest BCUT2D eigenvalue weighted by molar-refractivity contribution is 6.04. The number of pyridine rings is 1. The number of amides is 2. The molecule has 0 aliphatic carbocycles. The molecule has 1 aliphatic rings. The average molecular weight is 387 g/mol. The van der Waals surface area contributed by atoms with E-state index in [1.165, 1.54) is 0 Å². The highest BCUT2D eigenvalue weighted by Gasteiger charge is 2.42. The Bertz CT molecular complexity index is 1030. The van der Waals surface area contributed by atoms with Crippen molar-refractivity contribution in [3.8, 4) is 5.75 Å². The topological polar surface area (TPSA) is 71.5 Å². The summed E-state index contributed by atoms with van der Waals surface area (Å²) in [5, 5.41) is 2.90. The summed E-state index contributed by atoms with van der Waals surface area (Å²) in [5.41, 5.74) is 2.11. The first-order chi connectivity index (χ1) is 14.1. The van der Waals surface area contributed by atoms with Crippen molar-refractivity contribution in [2.24, 2.45) is 0 Å². The van der Waals surface area contributed by atoms with Crippen LogP contribution in [0.25, 0.3) is 0 Å². The molecule has 1 aromatic heterocycles. The molecule has 0 fully saturated rings. The van der Waals surface area contributed by atoms with Crippen LogP contribution in [0.2, 0.25) is 0 Å². The molecule has 0 radical (unpaired) electrons. The van der Waals surface area contributed by atoms with Crippen LogP contribution in [0, 0.1) is 0 Å². The zero-order chi connectivity index (χ0) is 20.4. The molecule has 2 amide bonds. The lowest BCUT2D eigenvalue weighted by atomic mass is 9.79. The van der Waals surface area contributed by atoms with Crippen molar-refractivity contribution in [3.63, 3.8) is 0 Å². The third-order valence-electron chi connectivity index (χ3n) is 5.24. The van der Waals surface area contributed by atoms with Gasteiger partial charge in [0, 0.05) is 18.8 Å². The van der Waals surface area contributed by atoms with Crippen molar-refractivity contribution in [1.29, 1.82) is 0 Å². The van der Waals surface area contributed by atoms with Gasteiger partial charge in [0.25, 0.3) is 5.91 Å². The minimum absolute atomic E-state index is 0.108. The van der Waals surface area contributed by atoms with E-state index in [0.29, 0.717) is 22.7 Å². The van der Waals surface area contributed by atoms with Crippen molar-refractivity contribution < 1.29 is 14.3 Å². The Labute approximate surface area is 169 Å². The van der Waals surface area contributed by atoms with E-state index in [0.717, 1.165) is 5.56 Å². The molecule has 2 aromatic carbocycles. The van der Waals surface area contributed by atoms with Crippen molar-refractivity contribution in [3.05, 3.63) is 89.6 Å². The van der Waals surface area contributed by atoms with Gasteiger partial charge in [-0.25, -0.2) is 4.98 Å². The molecule has 0 saturated carbocycles. The van der Waals surface area contributed by atoms with E-state index in [1.54, 1.807) is 43.5 Å². The molecular weight excluding hydrogens is 366 g/mol. The monoisotopic (exact) mass is 387 g/mol. The number of nitrogens with one attached hydrogen (secondary N) is 1. The fourth-order valence-electron chi connectivity index (χ4n) is 3.82. The average Bonchev–Trinajstić information content (AvgIpc) is 2.77. The molecule has 146 valence electrons. The van der Waals surface area contributed by atoms with Gasteiger partial charge in [-0.15, -0.1) is 0 Å². The predicted octanol–water partition coefficient (Wildman–Crippen LogP) is 3.64. The lowest BCUT2D eigenvalue weighted by Crippen LogP contribution is -2.44. The van der Waals surface area contributed by atoms with Gasteiger partial charge in [-0.05, 0) is 41.5 Å². The van der Waals surface area contributed by atoms with E-state index in [9.17, 15) is 9.59 Å². The second kappa shape index (κ2) is 7.75. The van der Waals surface area contributed by atoms with Crippen LogP contribution >= 0.6 is 0 Å². The third-order valence-corrected chi connectivity index (χ3v) is 5.24. The lowest BCUT2D eigenvalue weighted by Gasteiger charge is -2.39. The summed E-state index contributed by atoms with van der Waals surface area (Å²) in [6.07, 6.45) is 1.63. The zero-order valence-electron chi connectivity index (χ0n) is 16.2. The molecule has 6 nitrogen and oxygen atoms in total. The van der Waals surface area contributed by atoms with Crippen LogP contribution in [0.3, 0.4) is 0 Å². The normalized spacial score (nSPS) is 18.1. The maximum Gasteiger partial charge on any atom is 0.254 e. The SMILES string of the molecule is COc1ccc([C@H]2[C@@H](C(=O)Nc3ccccn3)c3ccccc3C(=O)N2C)cc1. The smallest absolute Gasteiger partial charge is 0.254 e. The minimum Gasteiger partial charge on any atom is -0.497 e. The summed E-state index contributed by atoms with van der Waals surface area (Å²) in [5.74, 6) is 0.292. The number of carbonyl (C=O) groups excluding carboxylic acids is 2. The largest absolute Gasteiger partial charge is 0.497 e. The molecule has 0 unspecified atom stereocenters. The summed E-state index contributed by atoms with van der Waals surface area (Å²) in [4.78, 5) is 32.2. The summed E-state index contributed by atoms with van der Waals surface area (Å²) in [6.45, 7) is 0. The molecule has 29 heavy (non-hydrogen) atoms. The molecule has 0 bridgehead atoms. The molecule has 0 spiro atoms. The third kappa shape index (κ3) is 3.45. The number of aromatic nitrogens is 1. The standard InChI is InChI=1S/C23H21N3O3/c1-26-21(15-10-12-16(29-2)13-11-15)20(17-7-3-4-8-18(17)23(26)28)22(27)25-19-9-5-6-14-24-19/h3-14,20-21H,1-2H3,(H,24,25,27)/t20-,21-/m0/s1. The number of carbonyl (C=O) groups is 2. The Morgan fingerprint density at radius 3 is 2.45 bits per heavy atom. The second-order valence-corrected chi connectivity index (χ2v) is 6.90. The fraction of sp³-hybridized carbons (Fsp3) is 0.174. The van der Waals surface area contributed by atoms with Crippen molar-refractivity contribution in [1.82, 2.24) is 9.88 Å². The first-order valence-electron chi connectivity index (χ1n) is 9.32. The van der Waals surface area contributed by atoms with Crippen LogP contribution in [0.1, 0.15) is 33.4 Å². The van der Waals surface area contributed by atoms with Gasteiger partial charge in [0.2, 0.25) is 5.91 Å².